The zero-order valence-electron chi connectivity index (χ0n) is 17.3. The highest BCUT2D eigenvalue weighted by atomic mass is 32.1. The highest BCUT2D eigenvalue weighted by Crippen LogP contribution is 2.62. The Bertz CT molecular complexity index is 559. The van der Waals surface area contributed by atoms with Crippen LogP contribution in [0.5, 0.6) is 0 Å². The van der Waals surface area contributed by atoms with Gasteiger partial charge in [-0.2, -0.15) is 25.3 Å². The van der Waals surface area contributed by atoms with Crippen LogP contribution in [-0.4, -0.2) is 21.7 Å². The molecule has 4 rings (SSSR count). The summed E-state index contributed by atoms with van der Waals surface area (Å²) in [5.74, 6) is 4.48. The van der Waals surface area contributed by atoms with Gasteiger partial charge in [-0.15, -0.1) is 0 Å². The third-order valence-electron chi connectivity index (χ3n) is 9.07. The van der Waals surface area contributed by atoms with Crippen molar-refractivity contribution >= 4 is 25.3 Å². The molecule has 0 spiro atoms. The molecule has 4 aliphatic carbocycles. The summed E-state index contributed by atoms with van der Waals surface area (Å²) in [6, 6.07) is 0. The van der Waals surface area contributed by atoms with Gasteiger partial charge < -0.3 is 5.11 Å². The molecule has 9 unspecified atom stereocenters. The molecule has 0 aliphatic heterocycles. The molecule has 1 N–H and O–H groups in total. The van der Waals surface area contributed by atoms with E-state index in [1.54, 1.807) is 5.57 Å². The maximum absolute atomic E-state index is 10.2. The molecule has 0 aromatic carbocycles. The van der Waals surface area contributed by atoms with E-state index in [4.69, 9.17) is 12.6 Å². The van der Waals surface area contributed by atoms with Crippen LogP contribution in [0.2, 0.25) is 0 Å². The molecule has 3 saturated carbocycles. The Labute approximate surface area is 178 Å². The lowest BCUT2D eigenvalue weighted by Crippen LogP contribution is -2.47. The Morgan fingerprint density at radius 1 is 1.07 bits per heavy atom. The van der Waals surface area contributed by atoms with Gasteiger partial charge in [0.2, 0.25) is 0 Å². The van der Waals surface area contributed by atoms with E-state index in [2.05, 4.69) is 32.6 Å². The van der Waals surface area contributed by atoms with Crippen molar-refractivity contribution < 1.29 is 5.11 Å². The van der Waals surface area contributed by atoms with E-state index >= 15 is 0 Å². The summed E-state index contributed by atoms with van der Waals surface area (Å²) >= 11 is 9.64. The Hall–Kier alpha value is 0.400. The molecule has 4 aliphatic rings. The van der Waals surface area contributed by atoms with Gasteiger partial charge in [0.15, 0.2) is 0 Å². The smallest absolute Gasteiger partial charge is 0.0577 e. The second-order valence-corrected chi connectivity index (χ2v) is 12.1. The van der Waals surface area contributed by atoms with Crippen molar-refractivity contribution in [1.82, 2.24) is 0 Å². The van der Waals surface area contributed by atoms with Crippen molar-refractivity contribution in [2.45, 2.75) is 101 Å². The average molecular weight is 409 g/mol. The van der Waals surface area contributed by atoms with E-state index in [0.29, 0.717) is 15.9 Å². The monoisotopic (exact) mass is 408 g/mol. The summed E-state index contributed by atoms with van der Waals surface area (Å²) in [7, 11) is 0. The molecule has 0 heterocycles. The fourth-order valence-corrected chi connectivity index (χ4v) is 8.39. The second-order valence-electron chi connectivity index (χ2n) is 10.5. The van der Waals surface area contributed by atoms with Gasteiger partial charge >= 0.3 is 0 Å². The topological polar surface area (TPSA) is 20.2 Å². The van der Waals surface area contributed by atoms with E-state index in [0.717, 1.165) is 42.4 Å². The molecule has 0 radical (unpaired) electrons. The van der Waals surface area contributed by atoms with E-state index < -0.39 is 0 Å². The fraction of sp³-hybridized carbons (Fsp3) is 0.917. The lowest BCUT2D eigenvalue weighted by atomic mass is 9.50. The van der Waals surface area contributed by atoms with Crippen molar-refractivity contribution in [3.8, 4) is 0 Å². The molecule has 154 valence electrons. The molecule has 3 heteroatoms. The lowest BCUT2D eigenvalue weighted by molar-refractivity contribution is -0.0115. The predicted octanol–water partition coefficient (Wildman–Crippen LogP) is 6.32. The first-order valence-corrected chi connectivity index (χ1v) is 12.7. The maximum atomic E-state index is 10.2. The van der Waals surface area contributed by atoms with E-state index in [1.807, 2.05) is 0 Å². The minimum atomic E-state index is -0.0852. The SMILES string of the molecule is CC(S)CCCC(S)C1CCC2C1CCC1C2CC=C2CC(O)CCC21C. The van der Waals surface area contributed by atoms with Gasteiger partial charge in [0.25, 0.3) is 0 Å². The molecule has 0 bridgehead atoms. The van der Waals surface area contributed by atoms with Crippen LogP contribution < -0.4 is 0 Å². The lowest BCUT2D eigenvalue weighted by Gasteiger charge is -2.55. The second kappa shape index (κ2) is 8.26. The molecule has 1 nitrogen and oxygen atoms in total. The first-order chi connectivity index (χ1) is 12.9. The van der Waals surface area contributed by atoms with Gasteiger partial charge in [0, 0.05) is 5.25 Å². The van der Waals surface area contributed by atoms with Gasteiger partial charge in [-0.1, -0.05) is 31.9 Å². The summed E-state index contributed by atoms with van der Waals surface area (Å²) in [6.07, 6.45) is 16.4. The molecule has 0 aromatic rings. The van der Waals surface area contributed by atoms with E-state index in [-0.39, 0.29) is 6.10 Å². The Balaban J connectivity index is 1.43. The zero-order chi connectivity index (χ0) is 19.2. The molecule has 0 saturated heterocycles. The van der Waals surface area contributed by atoms with Gasteiger partial charge in [-0.05, 0) is 104 Å². The Morgan fingerprint density at radius 2 is 1.85 bits per heavy atom. The largest absolute Gasteiger partial charge is 0.393 e. The van der Waals surface area contributed by atoms with Crippen molar-refractivity contribution in [2.75, 3.05) is 0 Å². The third-order valence-corrected chi connectivity index (χ3v) is 9.97. The predicted molar refractivity (Wildman–Crippen MR) is 122 cm³/mol. The normalized spacial score (nSPS) is 46.0. The fourth-order valence-electron chi connectivity index (χ4n) is 7.65. The molecule has 9 atom stereocenters. The van der Waals surface area contributed by atoms with Gasteiger partial charge in [0.1, 0.15) is 0 Å². The van der Waals surface area contributed by atoms with Crippen LogP contribution in [0.25, 0.3) is 0 Å². The minimum absolute atomic E-state index is 0.0852. The number of hydrogen-bond donors (Lipinski definition) is 3. The number of hydrogen-bond acceptors (Lipinski definition) is 3. The van der Waals surface area contributed by atoms with Crippen LogP contribution in [0.15, 0.2) is 11.6 Å². The number of aliphatic hydroxyl groups excluding tert-OH is 1. The molecular formula is C24H40OS2. The summed E-state index contributed by atoms with van der Waals surface area (Å²) in [4.78, 5) is 0. The van der Waals surface area contributed by atoms with Crippen LogP contribution in [0, 0.1) is 35.0 Å². The molecule has 0 amide bonds. The zero-order valence-corrected chi connectivity index (χ0v) is 19.1. The van der Waals surface area contributed by atoms with E-state index in [9.17, 15) is 5.11 Å². The summed E-state index contributed by atoms with van der Waals surface area (Å²) in [6.45, 7) is 4.74. The average Bonchev–Trinajstić information content (AvgIpc) is 3.06. The van der Waals surface area contributed by atoms with Gasteiger partial charge in [0.05, 0.1) is 6.10 Å². The Kier molecular flexibility index (Phi) is 6.32. The molecule has 3 fully saturated rings. The highest BCUT2D eigenvalue weighted by molar-refractivity contribution is 7.81. The summed E-state index contributed by atoms with van der Waals surface area (Å²) < 4.78 is 0. The molecule has 0 aromatic heterocycles. The van der Waals surface area contributed by atoms with Crippen molar-refractivity contribution in [3.05, 3.63) is 11.6 Å². The van der Waals surface area contributed by atoms with Gasteiger partial charge in [-0.25, -0.2) is 0 Å². The number of fused-ring (bicyclic) bond motifs is 5. The third kappa shape index (κ3) is 3.91. The number of rotatable bonds is 5. The van der Waals surface area contributed by atoms with Crippen molar-refractivity contribution in [1.29, 1.82) is 0 Å². The molecular weight excluding hydrogens is 368 g/mol. The first-order valence-electron chi connectivity index (χ1n) is 11.6. The standard InChI is InChI=1S/C24H40OS2/c1-15(26)4-3-5-23(27)21-9-8-18-19(21)10-11-22-20(18)7-6-16-14-17(25)12-13-24(16,22)2/h6,15,17-23,25-27H,3-5,7-14H2,1-2H3. The minimum Gasteiger partial charge on any atom is -0.393 e. The molecule has 27 heavy (non-hydrogen) atoms. The number of aliphatic hydroxyl groups is 1. The van der Waals surface area contributed by atoms with Crippen LogP contribution in [-0.2, 0) is 0 Å². The van der Waals surface area contributed by atoms with Crippen LogP contribution in [0.3, 0.4) is 0 Å². The van der Waals surface area contributed by atoms with E-state index in [1.165, 1.54) is 57.8 Å². The summed E-state index contributed by atoms with van der Waals surface area (Å²) in [5.41, 5.74) is 1.98. The van der Waals surface area contributed by atoms with Crippen LogP contribution >= 0.6 is 25.3 Å². The van der Waals surface area contributed by atoms with Gasteiger partial charge in [-0.3, -0.25) is 0 Å². The Morgan fingerprint density at radius 3 is 2.63 bits per heavy atom. The van der Waals surface area contributed by atoms with Crippen molar-refractivity contribution in [3.63, 3.8) is 0 Å². The number of allylic oxidation sites excluding steroid dienone is 1. The first kappa shape index (κ1) is 20.7. The maximum Gasteiger partial charge on any atom is 0.0577 e. The highest BCUT2D eigenvalue weighted by Gasteiger charge is 2.54. The number of thiol groups is 2. The van der Waals surface area contributed by atoms with Crippen LogP contribution in [0.4, 0.5) is 0 Å². The van der Waals surface area contributed by atoms with Crippen molar-refractivity contribution in [2.24, 2.45) is 35.0 Å². The van der Waals surface area contributed by atoms with Crippen LogP contribution in [0.1, 0.15) is 84.5 Å². The summed E-state index contributed by atoms with van der Waals surface area (Å²) in [5, 5.41) is 11.3. The quantitative estimate of drug-likeness (QED) is 0.359.